The van der Waals surface area contributed by atoms with Crippen LogP contribution in [0.4, 0.5) is 0 Å². The molecular formula is C17H22N6O. The Hall–Kier alpha value is -2.38. The second-order valence-electron chi connectivity index (χ2n) is 5.85. The van der Waals surface area contributed by atoms with E-state index >= 15 is 0 Å². The normalized spacial score (nSPS) is 11.5. The third-order valence-electron chi connectivity index (χ3n) is 3.91. The summed E-state index contributed by atoms with van der Waals surface area (Å²) in [5, 5.41) is 8.20. The summed E-state index contributed by atoms with van der Waals surface area (Å²) in [4.78, 5) is 11.6. The van der Waals surface area contributed by atoms with Crippen LogP contribution in [0.1, 0.15) is 17.2 Å². The number of methoxy groups -OCH3 is 1. The van der Waals surface area contributed by atoms with Crippen LogP contribution in [0.5, 0.6) is 0 Å². The van der Waals surface area contributed by atoms with Gasteiger partial charge in [0.05, 0.1) is 35.6 Å². The number of fused-ring (bicyclic) bond motifs is 1. The summed E-state index contributed by atoms with van der Waals surface area (Å²) < 4.78 is 7.13. The second-order valence-corrected chi connectivity index (χ2v) is 5.85. The first-order chi connectivity index (χ1) is 11.7. The number of para-hydroxylation sites is 2. The number of rotatable bonds is 7. The van der Waals surface area contributed by atoms with Crippen LogP contribution < -0.4 is 0 Å². The van der Waals surface area contributed by atoms with Gasteiger partial charge >= 0.3 is 0 Å². The topological polar surface area (TPSA) is 69.0 Å². The highest BCUT2D eigenvalue weighted by molar-refractivity contribution is 5.74. The Kier molecular flexibility index (Phi) is 5.12. The number of aryl methyl sites for hydroxylation is 1. The van der Waals surface area contributed by atoms with Crippen molar-refractivity contribution >= 4 is 11.0 Å². The summed E-state index contributed by atoms with van der Waals surface area (Å²) >= 11 is 0. The van der Waals surface area contributed by atoms with Gasteiger partial charge < -0.3 is 9.30 Å². The molecule has 7 heteroatoms. The van der Waals surface area contributed by atoms with Gasteiger partial charge in [-0.25, -0.2) is 9.97 Å². The largest absolute Gasteiger partial charge is 0.383 e. The van der Waals surface area contributed by atoms with Gasteiger partial charge in [0.1, 0.15) is 12.2 Å². The lowest BCUT2D eigenvalue weighted by Crippen LogP contribution is -2.22. The molecule has 1 aromatic carbocycles. The van der Waals surface area contributed by atoms with Crippen molar-refractivity contribution in [3.05, 3.63) is 47.8 Å². The minimum atomic E-state index is 0.643. The third kappa shape index (κ3) is 3.74. The predicted octanol–water partition coefficient (Wildman–Crippen LogP) is 1.81. The molecule has 0 N–H and O–H groups in total. The van der Waals surface area contributed by atoms with E-state index < -0.39 is 0 Å². The molecule has 3 aromatic rings. The fourth-order valence-corrected chi connectivity index (χ4v) is 2.61. The Morgan fingerprint density at radius 2 is 1.88 bits per heavy atom. The third-order valence-corrected chi connectivity index (χ3v) is 3.91. The molecule has 0 bridgehead atoms. The zero-order chi connectivity index (χ0) is 16.9. The van der Waals surface area contributed by atoms with Crippen molar-refractivity contribution in [2.45, 2.75) is 26.6 Å². The fraction of sp³-hybridized carbons (Fsp3) is 0.412. The van der Waals surface area contributed by atoms with Gasteiger partial charge in [0.25, 0.3) is 0 Å². The molecule has 0 amide bonds. The Bertz CT molecular complexity index is 816. The maximum atomic E-state index is 5.12. The SMILES string of the molecule is COCCn1cnnc1CN(C)Cc1nc2ccccc2nc1C. The van der Waals surface area contributed by atoms with E-state index in [0.717, 1.165) is 34.8 Å². The van der Waals surface area contributed by atoms with E-state index in [1.165, 1.54) is 0 Å². The van der Waals surface area contributed by atoms with Gasteiger partial charge in [0.15, 0.2) is 0 Å². The highest BCUT2D eigenvalue weighted by Crippen LogP contribution is 2.14. The van der Waals surface area contributed by atoms with Crippen LogP contribution in [-0.4, -0.2) is 50.4 Å². The monoisotopic (exact) mass is 326 g/mol. The Morgan fingerprint density at radius 1 is 1.12 bits per heavy atom. The second kappa shape index (κ2) is 7.46. The van der Waals surface area contributed by atoms with Crippen LogP contribution in [0.2, 0.25) is 0 Å². The summed E-state index contributed by atoms with van der Waals surface area (Å²) in [6.45, 7) is 4.80. The van der Waals surface area contributed by atoms with Crippen LogP contribution in [-0.2, 0) is 24.4 Å². The van der Waals surface area contributed by atoms with Crippen molar-refractivity contribution in [2.75, 3.05) is 20.8 Å². The van der Waals surface area contributed by atoms with Crippen molar-refractivity contribution in [1.82, 2.24) is 29.6 Å². The van der Waals surface area contributed by atoms with Crippen LogP contribution in [0.3, 0.4) is 0 Å². The van der Waals surface area contributed by atoms with E-state index in [-0.39, 0.29) is 0 Å². The van der Waals surface area contributed by atoms with Crippen LogP contribution in [0.25, 0.3) is 11.0 Å². The van der Waals surface area contributed by atoms with E-state index in [2.05, 4.69) is 20.1 Å². The quantitative estimate of drug-likeness (QED) is 0.659. The molecule has 3 rings (SSSR count). The molecule has 0 aliphatic rings. The maximum absolute atomic E-state index is 5.12. The van der Waals surface area contributed by atoms with Crippen LogP contribution in [0.15, 0.2) is 30.6 Å². The van der Waals surface area contributed by atoms with Gasteiger partial charge in [-0.15, -0.1) is 10.2 Å². The van der Waals surface area contributed by atoms with E-state index in [0.29, 0.717) is 19.7 Å². The van der Waals surface area contributed by atoms with Crippen LogP contribution >= 0.6 is 0 Å². The molecule has 2 heterocycles. The van der Waals surface area contributed by atoms with Crippen molar-refractivity contribution in [3.8, 4) is 0 Å². The van der Waals surface area contributed by atoms with E-state index in [9.17, 15) is 0 Å². The van der Waals surface area contributed by atoms with E-state index in [1.807, 2.05) is 42.8 Å². The Morgan fingerprint density at radius 3 is 2.62 bits per heavy atom. The molecule has 24 heavy (non-hydrogen) atoms. The summed E-state index contributed by atoms with van der Waals surface area (Å²) in [5.41, 5.74) is 3.80. The number of hydrogen-bond acceptors (Lipinski definition) is 6. The first kappa shape index (κ1) is 16.5. The van der Waals surface area contributed by atoms with Crippen molar-refractivity contribution in [2.24, 2.45) is 0 Å². The van der Waals surface area contributed by atoms with Crippen LogP contribution in [0, 0.1) is 6.92 Å². The molecule has 0 aliphatic carbocycles. The highest BCUT2D eigenvalue weighted by atomic mass is 16.5. The van der Waals surface area contributed by atoms with Gasteiger partial charge in [-0.05, 0) is 26.1 Å². The Balaban J connectivity index is 1.72. The van der Waals surface area contributed by atoms with Crippen molar-refractivity contribution in [1.29, 1.82) is 0 Å². The Labute approximate surface area is 141 Å². The summed E-state index contributed by atoms with van der Waals surface area (Å²) in [5.74, 6) is 0.918. The van der Waals surface area contributed by atoms with Crippen molar-refractivity contribution < 1.29 is 4.74 Å². The minimum absolute atomic E-state index is 0.643. The maximum Gasteiger partial charge on any atom is 0.147 e. The number of ether oxygens (including phenoxy) is 1. The average Bonchev–Trinajstić information content (AvgIpc) is 3.00. The lowest BCUT2D eigenvalue weighted by Gasteiger charge is -2.17. The molecular weight excluding hydrogens is 304 g/mol. The number of nitrogens with zero attached hydrogens (tertiary/aromatic N) is 6. The first-order valence-electron chi connectivity index (χ1n) is 7.94. The highest BCUT2D eigenvalue weighted by Gasteiger charge is 2.11. The smallest absolute Gasteiger partial charge is 0.147 e. The number of aromatic nitrogens is 5. The van der Waals surface area contributed by atoms with Gasteiger partial charge in [0, 0.05) is 20.2 Å². The number of benzene rings is 1. The molecule has 0 saturated heterocycles. The summed E-state index contributed by atoms with van der Waals surface area (Å²) in [7, 11) is 3.74. The molecule has 0 aliphatic heterocycles. The van der Waals surface area contributed by atoms with Crippen molar-refractivity contribution in [3.63, 3.8) is 0 Å². The lowest BCUT2D eigenvalue weighted by molar-refractivity contribution is 0.184. The number of hydrogen-bond donors (Lipinski definition) is 0. The fourth-order valence-electron chi connectivity index (χ4n) is 2.61. The zero-order valence-electron chi connectivity index (χ0n) is 14.3. The first-order valence-corrected chi connectivity index (χ1v) is 7.94. The molecule has 0 saturated carbocycles. The van der Waals surface area contributed by atoms with Gasteiger partial charge in [-0.1, -0.05) is 12.1 Å². The summed E-state index contributed by atoms with van der Waals surface area (Å²) in [6.07, 6.45) is 1.74. The predicted molar refractivity (Wildman–Crippen MR) is 91.3 cm³/mol. The standard InChI is InChI=1S/C17H22N6O/c1-13-16(20-15-7-5-4-6-14(15)19-13)10-22(2)11-17-21-18-12-23(17)8-9-24-3/h4-7,12H,8-11H2,1-3H3. The van der Waals surface area contributed by atoms with Gasteiger partial charge in [-0.2, -0.15) is 0 Å². The molecule has 0 unspecified atom stereocenters. The molecule has 0 radical (unpaired) electrons. The van der Waals surface area contributed by atoms with E-state index in [1.54, 1.807) is 13.4 Å². The zero-order valence-corrected chi connectivity index (χ0v) is 14.3. The molecule has 0 fully saturated rings. The lowest BCUT2D eigenvalue weighted by atomic mass is 10.2. The molecule has 0 spiro atoms. The molecule has 0 atom stereocenters. The molecule has 126 valence electrons. The minimum Gasteiger partial charge on any atom is -0.383 e. The van der Waals surface area contributed by atoms with Gasteiger partial charge in [-0.3, -0.25) is 4.90 Å². The average molecular weight is 326 g/mol. The molecule has 7 nitrogen and oxygen atoms in total. The van der Waals surface area contributed by atoms with Gasteiger partial charge in [0.2, 0.25) is 0 Å². The molecule has 2 aromatic heterocycles. The van der Waals surface area contributed by atoms with E-state index in [4.69, 9.17) is 9.72 Å². The summed E-state index contributed by atoms with van der Waals surface area (Å²) in [6, 6.07) is 7.95.